The molecular formula is C9H11BrF3NO. The Hall–Kier alpha value is -0.490. The van der Waals surface area contributed by atoms with Gasteiger partial charge in [-0.3, -0.25) is 0 Å². The Morgan fingerprint density at radius 2 is 2.20 bits per heavy atom. The second-order valence-corrected chi connectivity index (χ2v) is 3.92. The summed E-state index contributed by atoms with van der Waals surface area (Å²) in [6.07, 6.45) is -3.79. The highest BCUT2D eigenvalue weighted by Gasteiger charge is 2.34. The van der Waals surface area contributed by atoms with Crippen LogP contribution in [0.25, 0.3) is 0 Å². The number of hydrogen-bond acceptors (Lipinski definition) is 2. The van der Waals surface area contributed by atoms with Crippen LogP contribution in [0.5, 0.6) is 0 Å². The van der Waals surface area contributed by atoms with Crippen LogP contribution in [0.2, 0.25) is 0 Å². The Labute approximate surface area is 94.0 Å². The Morgan fingerprint density at radius 1 is 1.53 bits per heavy atom. The van der Waals surface area contributed by atoms with E-state index in [1.165, 1.54) is 6.26 Å². The molecule has 0 bridgehead atoms. The van der Waals surface area contributed by atoms with Crippen LogP contribution in [0.4, 0.5) is 13.2 Å². The van der Waals surface area contributed by atoms with Crippen LogP contribution in [0.15, 0.2) is 21.2 Å². The first-order chi connectivity index (χ1) is 6.94. The second kappa shape index (κ2) is 5.03. The molecule has 1 aromatic heterocycles. The van der Waals surface area contributed by atoms with Crippen molar-refractivity contribution in [2.45, 2.75) is 25.6 Å². The lowest BCUT2D eigenvalue weighted by atomic mass is 10.1. The van der Waals surface area contributed by atoms with Gasteiger partial charge in [0.05, 0.1) is 23.2 Å². The molecule has 1 atom stereocenters. The van der Waals surface area contributed by atoms with Gasteiger partial charge in [0.1, 0.15) is 5.76 Å². The maximum Gasteiger partial charge on any atom is 0.391 e. The Kier molecular flexibility index (Phi) is 4.21. The highest BCUT2D eigenvalue weighted by molar-refractivity contribution is 9.10. The summed E-state index contributed by atoms with van der Waals surface area (Å²) in [6.45, 7) is 2.20. The van der Waals surface area contributed by atoms with Crippen LogP contribution in [-0.2, 0) is 0 Å². The van der Waals surface area contributed by atoms with Crippen molar-refractivity contribution in [1.82, 2.24) is 5.32 Å². The van der Waals surface area contributed by atoms with E-state index < -0.39 is 18.6 Å². The molecule has 1 aromatic rings. The first-order valence-corrected chi connectivity index (χ1v) is 5.26. The maximum atomic E-state index is 12.3. The van der Waals surface area contributed by atoms with Crippen molar-refractivity contribution < 1.29 is 17.6 Å². The van der Waals surface area contributed by atoms with Gasteiger partial charge in [0, 0.05) is 0 Å². The normalized spacial score (nSPS) is 14.2. The van der Waals surface area contributed by atoms with Gasteiger partial charge in [-0.25, -0.2) is 0 Å². The summed E-state index contributed by atoms with van der Waals surface area (Å²) in [5.74, 6) is 0.286. The van der Waals surface area contributed by atoms with Crippen molar-refractivity contribution in [3.05, 3.63) is 22.6 Å². The lowest BCUT2D eigenvalue weighted by molar-refractivity contribution is -0.141. The van der Waals surface area contributed by atoms with E-state index in [2.05, 4.69) is 21.2 Å². The van der Waals surface area contributed by atoms with Gasteiger partial charge in [0.25, 0.3) is 0 Å². The van der Waals surface area contributed by atoms with E-state index in [0.29, 0.717) is 11.0 Å². The molecule has 0 saturated carbocycles. The quantitative estimate of drug-likeness (QED) is 0.914. The molecular weight excluding hydrogens is 275 g/mol. The van der Waals surface area contributed by atoms with E-state index in [1.807, 2.05) is 0 Å². The second-order valence-electron chi connectivity index (χ2n) is 3.06. The molecule has 0 amide bonds. The highest BCUT2D eigenvalue weighted by Crippen LogP contribution is 2.33. The monoisotopic (exact) mass is 285 g/mol. The predicted octanol–water partition coefficient (Wildman–Crippen LogP) is 3.65. The molecule has 0 aliphatic rings. The third-order valence-corrected chi connectivity index (χ3v) is 2.50. The minimum Gasteiger partial charge on any atom is -0.466 e. The molecule has 0 aromatic carbocycles. The van der Waals surface area contributed by atoms with Crippen molar-refractivity contribution in [1.29, 1.82) is 0 Å². The van der Waals surface area contributed by atoms with Crippen molar-refractivity contribution in [3.8, 4) is 0 Å². The Bertz CT molecular complexity index is 311. The smallest absolute Gasteiger partial charge is 0.391 e. The number of furan rings is 1. The standard InChI is InChI=1S/C9H11BrF3NO/c1-2-14-7(5-9(11,12)13)8-6(10)3-4-15-8/h3-4,7,14H,2,5H2,1H3. The molecule has 0 fully saturated rings. The van der Waals surface area contributed by atoms with E-state index in [9.17, 15) is 13.2 Å². The summed E-state index contributed by atoms with van der Waals surface area (Å²) in [5, 5.41) is 2.74. The topological polar surface area (TPSA) is 25.2 Å². The predicted molar refractivity (Wildman–Crippen MR) is 53.5 cm³/mol. The third kappa shape index (κ3) is 3.87. The van der Waals surface area contributed by atoms with E-state index in [0.717, 1.165) is 0 Å². The molecule has 1 heterocycles. The molecule has 0 aliphatic heterocycles. The fourth-order valence-electron chi connectivity index (χ4n) is 1.29. The summed E-state index contributed by atoms with van der Waals surface area (Å²) in [7, 11) is 0. The zero-order valence-electron chi connectivity index (χ0n) is 8.07. The van der Waals surface area contributed by atoms with Gasteiger partial charge in [-0.1, -0.05) is 6.92 Å². The molecule has 1 N–H and O–H groups in total. The van der Waals surface area contributed by atoms with Crippen molar-refractivity contribution in [2.24, 2.45) is 0 Å². The number of halogens is 4. The van der Waals surface area contributed by atoms with Crippen molar-refractivity contribution >= 4 is 15.9 Å². The fourth-order valence-corrected chi connectivity index (χ4v) is 1.77. The number of nitrogens with one attached hydrogen (secondary N) is 1. The van der Waals surface area contributed by atoms with E-state index in [-0.39, 0.29) is 5.76 Å². The molecule has 2 nitrogen and oxygen atoms in total. The largest absolute Gasteiger partial charge is 0.466 e. The van der Waals surface area contributed by atoms with Gasteiger partial charge in [-0.05, 0) is 28.5 Å². The summed E-state index contributed by atoms with van der Waals surface area (Å²) >= 11 is 3.14. The van der Waals surface area contributed by atoms with Gasteiger partial charge < -0.3 is 9.73 Å². The van der Waals surface area contributed by atoms with Crippen molar-refractivity contribution in [3.63, 3.8) is 0 Å². The molecule has 15 heavy (non-hydrogen) atoms. The third-order valence-electron chi connectivity index (χ3n) is 1.85. The lowest BCUT2D eigenvalue weighted by Crippen LogP contribution is -2.26. The zero-order valence-corrected chi connectivity index (χ0v) is 9.65. The van der Waals surface area contributed by atoms with Gasteiger partial charge in [-0.15, -0.1) is 0 Å². The SMILES string of the molecule is CCNC(CC(F)(F)F)c1occc1Br. The minimum atomic E-state index is -4.21. The first-order valence-electron chi connectivity index (χ1n) is 4.47. The van der Waals surface area contributed by atoms with Gasteiger partial charge in [-0.2, -0.15) is 13.2 Å². The Morgan fingerprint density at radius 3 is 2.60 bits per heavy atom. The average Bonchev–Trinajstić information content (AvgIpc) is 2.48. The molecule has 0 spiro atoms. The number of rotatable bonds is 4. The van der Waals surface area contributed by atoms with E-state index in [4.69, 9.17) is 4.42 Å². The highest BCUT2D eigenvalue weighted by atomic mass is 79.9. The molecule has 0 aliphatic carbocycles. The fraction of sp³-hybridized carbons (Fsp3) is 0.556. The zero-order chi connectivity index (χ0) is 11.5. The first kappa shape index (κ1) is 12.6. The molecule has 0 radical (unpaired) electrons. The maximum absolute atomic E-state index is 12.3. The van der Waals surface area contributed by atoms with Crippen LogP contribution in [0.1, 0.15) is 25.1 Å². The summed E-state index contributed by atoms with van der Waals surface area (Å²) < 4.78 is 42.3. The average molecular weight is 286 g/mol. The van der Waals surface area contributed by atoms with E-state index >= 15 is 0 Å². The molecule has 6 heteroatoms. The Balaban J connectivity index is 2.79. The molecule has 1 rings (SSSR count). The molecule has 0 saturated heterocycles. The summed E-state index contributed by atoms with van der Waals surface area (Å²) in [5.41, 5.74) is 0. The van der Waals surface area contributed by atoms with Crippen LogP contribution in [-0.4, -0.2) is 12.7 Å². The summed E-state index contributed by atoms with van der Waals surface area (Å²) in [4.78, 5) is 0. The molecule has 1 unspecified atom stereocenters. The molecule has 86 valence electrons. The van der Waals surface area contributed by atoms with Gasteiger partial charge >= 0.3 is 6.18 Å². The van der Waals surface area contributed by atoms with Gasteiger partial charge in [0.2, 0.25) is 0 Å². The van der Waals surface area contributed by atoms with Crippen LogP contribution in [0, 0.1) is 0 Å². The van der Waals surface area contributed by atoms with Crippen molar-refractivity contribution in [2.75, 3.05) is 6.54 Å². The van der Waals surface area contributed by atoms with Crippen LogP contribution < -0.4 is 5.32 Å². The van der Waals surface area contributed by atoms with Crippen LogP contribution >= 0.6 is 15.9 Å². The lowest BCUT2D eigenvalue weighted by Gasteiger charge is -2.17. The summed E-state index contributed by atoms with van der Waals surface area (Å²) in [6, 6.07) is 0.746. The number of hydrogen-bond donors (Lipinski definition) is 1. The van der Waals surface area contributed by atoms with E-state index in [1.54, 1.807) is 13.0 Å². The number of alkyl halides is 3. The minimum absolute atomic E-state index is 0.286. The van der Waals surface area contributed by atoms with Crippen LogP contribution in [0.3, 0.4) is 0 Å². The van der Waals surface area contributed by atoms with Gasteiger partial charge in [0.15, 0.2) is 0 Å².